The van der Waals surface area contributed by atoms with E-state index in [2.05, 4.69) is 10.1 Å². The molecule has 1 N–H and O–H groups in total. The maximum Gasteiger partial charge on any atom is 0.305 e. The molecule has 1 aromatic rings. The first-order chi connectivity index (χ1) is 8.21. The van der Waals surface area contributed by atoms with E-state index in [1.165, 1.54) is 4.90 Å². The summed E-state index contributed by atoms with van der Waals surface area (Å²) in [6.07, 6.45) is -0.125. The smallest absolute Gasteiger partial charge is 0.305 e. The number of carbonyl (C=O) groups is 2. The molecule has 0 aromatic carbocycles. The summed E-state index contributed by atoms with van der Waals surface area (Å²) in [4.78, 5) is 28.0. The van der Waals surface area contributed by atoms with Gasteiger partial charge in [-0.05, 0) is 20.8 Å². The fourth-order valence-corrected chi connectivity index (χ4v) is 1.46. The second-order valence-electron chi connectivity index (χ2n) is 4.91. The van der Waals surface area contributed by atoms with E-state index >= 15 is 0 Å². The van der Waals surface area contributed by atoms with Crippen LogP contribution in [0.2, 0.25) is 0 Å². The van der Waals surface area contributed by atoms with Crippen molar-refractivity contribution >= 4 is 11.9 Å². The highest BCUT2D eigenvalue weighted by Gasteiger charge is 2.30. The molecule has 0 unspecified atom stereocenters. The van der Waals surface area contributed by atoms with Crippen LogP contribution in [0.15, 0.2) is 4.52 Å². The Labute approximate surface area is 105 Å². The summed E-state index contributed by atoms with van der Waals surface area (Å²) < 4.78 is 4.75. The molecule has 0 spiro atoms. The monoisotopic (exact) mass is 255 g/mol. The summed E-state index contributed by atoms with van der Waals surface area (Å²) in [7, 11) is 0. The zero-order chi connectivity index (χ0) is 13.9. The van der Waals surface area contributed by atoms with Gasteiger partial charge in [0, 0.05) is 19.0 Å². The summed E-state index contributed by atoms with van der Waals surface area (Å²) in [6.45, 7) is 7.15. The standard InChI is InChI=1S/C11H17N3O4/c1-7-12-9(13-18-7)10(17)14(11(2,3)4)6-5-8(15)16/h5-6H2,1-4H3,(H,15,16). The summed E-state index contributed by atoms with van der Waals surface area (Å²) in [5.74, 6) is -1.14. The van der Waals surface area contributed by atoms with Crippen molar-refractivity contribution in [2.75, 3.05) is 6.54 Å². The lowest BCUT2D eigenvalue weighted by molar-refractivity contribution is -0.137. The van der Waals surface area contributed by atoms with Crippen LogP contribution in [0.25, 0.3) is 0 Å². The Hall–Kier alpha value is -1.92. The molecule has 1 rings (SSSR count). The number of nitrogens with zero attached hydrogens (tertiary/aromatic N) is 3. The molecule has 100 valence electrons. The van der Waals surface area contributed by atoms with Crippen LogP contribution in [0.3, 0.4) is 0 Å². The minimum Gasteiger partial charge on any atom is -0.481 e. The zero-order valence-electron chi connectivity index (χ0n) is 10.9. The third-order valence-corrected chi connectivity index (χ3v) is 2.32. The number of carboxylic acid groups (broad SMARTS) is 1. The molecule has 7 heteroatoms. The number of carboxylic acids is 1. The minimum absolute atomic E-state index is 0.0483. The van der Waals surface area contributed by atoms with Crippen LogP contribution in [0.5, 0.6) is 0 Å². The van der Waals surface area contributed by atoms with Gasteiger partial charge in [-0.1, -0.05) is 5.16 Å². The van der Waals surface area contributed by atoms with Gasteiger partial charge in [0.1, 0.15) is 0 Å². The summed E-state index contributed by atoms with van der Waals surface area (Å²) >= 11 is 0. The van der Waals surface area contributed by atoms with Gasteiger partial charge in [0.05, 0.1) is 6.42 Å². The Morgan fingerprint density at radius 3 is 2.39 bits per heavy atom. The number of aromatic nitrogens is 2. The van der Waals surface area contributed by atoms with E-state index in [4.69, 9.17) is 9.63 Å². The molecule has 18 heavy (non-hydrogen) atoms. The lowest BCUT2D eigenvalue weighted by atomic mass is 10.1. The van der Waals surface area contributed by atoms with Crippen molar-refractivity contribution in [2.24, 2.45) is 0 Å². The number of amides is 1. The van der Waals surface area contributed by atoms with Crippen LogP contribution < -0.4 is 0 Å². The number of hydrogen-bond donors (Lipinski definition) is 1. The molecule has 0 aliphatic rings. The minimum atomic E-state index is -0.957. The molecule has 0 aliphatic heterocycles. The highest BCUT2D eigenvalue weighted by atomic mass is 16.5. The molecule has 0 bridgehead atoms. The first-order valence-electron chi connectivity index (χ1n) is 5.56. The Bertz CT molecular complexity index is 447. The van der Waals surface area contributed by atoms with Crippen LogP contribution in [-0.2, 0) is 4.79 Å². The topological polar surface area (TPSA) is 96.5 Å². The van der Waals surface area contributed by atoms with E-state index in [-0.39, 0.29) is 18.8 Å². The van der Waals surface area contributed by atoms with Gasteiger partial charge in [-0.3, -0.25) is 9.59 Å². The fourth-order valence-electron chi connectivity index (χ4n) is 1.46. The van der Waals surface area contributed by atoms with Gasteiger partial charge < -0.3 is 14.5 Å². The average Bonchev–Trinajstić information content (AvgIpc) is 2.62. The van der Waals surface area contributed by atoms with Crippen LogP contribution >= 0.6 is 0 Å². The fraction of sp³-hybridized carbons (Fsp3) is 0.636. The SMILES string of the molecule is Cc1nc(C(=O)N(CCC(=O)O)C(C)(C)C)no1. The highest BCUT2D eigenvalue weighted by Crippen LogP contribution is 2.16. The lowest BCUT2D eigenvalue weighted by Crippen LogP contribution is -2.47. The van der Waals surface area contributed by atoms with Gasteiger partial charge in [-0.2, -0.15) is 4.98 Å². The second-order valence-corrected chi connectivity index (χ2v) is 4.91. The van der Waals surface area contributed by atoms with Gasteiger partial charge in [0.2, 0.25) is 5.89 Å². The van der Waals surface area contributed by atoms with Crippen molar-refractivity contribution < 1.29 is 19.2 Å². The van der Waals surface area contributed by atoms with E-state index in [0.29, 0.717) is 5.89 Å². The second kappa shape index (κ2) is 5.16. The number of rotatable bonds is 4. The number of aryl methyl sites for hydroxylation is 1. The van der Waals surface area contributed by atoms with Crippen molar-refractivity contribution in [3.05, 3.63) is 11.7 Å². The summed E-state index contributed by atoms with van der Waals surface area (Å²) in [5.41, 5.74) is -0.513. The third-order valence-electron chi connectivity index (χ3n) is 2.32. The molecule has 0 saturated heterocycles. The molecule has 1 aromatic heterocycles. The van der Waals surface area contributed by atoms with Crippen LogP contribution in [0.1, 0.15) is 43.7 Å². The first-order valence-corrected chi connectivity index (χ1v) is 5.56. The molecule has 0 atom stereocenters. The molecule has 0 aliphatic carbocycles. The number of carbonyl (C=O) groups excluding carboxylic acids is 1. The Morgan fingerprint density at radius 2 is 2.00 bits per heavy atom. The summed E-state index contributed by atoms with van der Waals surface area (Å²) in [5, 5.41) is 12.2. The number of hydrogen-bond acceptors (Lipinski definition) is 5. The molecule has 7 nitrogen and oxygen atoms in total. The lowest BCUT2D eigenvalue weighted by Gasteiger charge is -2.34. The predicted molar refractivity (Wildman–Crippen MR) is 62.1 cm³/mol. The van der Waals surface area contributed by atoms with E-state index in [9.17, 15) is 9.59 Å². The zero-order valence-corrected chi connectivity index (χ0v) is 10.9. The maximum atomic E-state index is 12.2. The Morgan fingerprint density at radius 1 is 1.39 bits per heavy atom. The van der Waals surface area contributed by atoms with Crippen LogP contribution in [0, 0.1) is 6.92 Å². The van der Waals surface area contributed by atoms with E-state index in [0.717, 1.165) is 0 Å². The molecule has 0 saturated carbocycles. The molecule has 0 fully saturated rings. The van der Waals surface area contributed by atoms with Crippen molar-refractivity contribution in [1.82, 2.24) is 15.0 Å². The highest BCUT2D eigenvalue weighted by molar-refractivity contribution is 5.91. The largest absolute Gasteiger partial charge is 0.481 e. The quantitative estimate of drug-likeness (QED) is 0.865. The van der Waals surface area contributed by atoms with Crippen LogP contribution in [-0.4, -0.2) is 44.1 Å². The van der Waals surface area contributed by atoms with Crippen LogP contribution in [0.4, 0.5) is 0 Å². The van der Waals surface area contributed by atoms with Gasteiger partial charge >= 0.3 is 5.97 Å². The van der Waals surface area contributed by atoms with Gasteiger partial charge in [-0.15, -0.1) is 0 Å². The molecule has 0 radical (unpaired) electrons. The van der Waals surface area contributed by atoms with Gasteiger partial charge in [0.25, 0.3) is 11.7 Å². The molecule has 1 amide bonds. The van der Waals surface area contributed by atoms with Gasteiger partial charge in [0.15, 0.2) is 0 Å². The Kier molecular flexibility index (Phi) is 4.05. The summed E-state index contributed by atoms with van der Waals surface area (Å²) in [6, 6.07) is 0. The van der Waals surface area contributed by atoms with Crippen molar-refractivity contribution in [1.29, 1.82) is 0 Å². The van der Waals surface area contributed by atoms with Crippen molar-refractivity contribution in [3.63, 3.8) is 0 Å². The predicted octanol–water partition coefficient (Wildman–Crippen LogP) is 1.09. The molecular formula is C11H17N3O4. The Balaban J connectivity index is 2.89. The average molecular weight is 255 g/mol. The van der Waals surface area contributed by atoms with E-state index in [1.807, 2.05) is 20.8 Å². The van der Waals surface area contributed by atoms with Crippen molar-refractivity contribution in [3.8, 4) is 0 Å². The maximum absolute atomic E-state index is 12.2. The van der Waals surface area contributed by atoms with Crippen molar-refractivity contribution in [2.45, 2.75) is 39.7 Å². The van der Waals surface area contributed by atoms with Gasteiger partial charge in [-0.25, -0.2) is 0 Å². The molecular weight excluding hydrogens is 238 g/mol. The third kappa shape index (κ3) is 3.54. The number of aliphatic carboxylic acids is 1. The molecule has 1 heterocycles. The van der Waals surface area contributed by atoms with E-state index < -0.39 is 17.4 Å². The van der Waals surface area contributed by atoms with E-state index in [1.54, 1.807) is 6.92 Å². The normalized spacial score (nSPS) is 11.3. The first kappa shape index (κ1) is 14.1.